The molecular weight excluding hydrogens is 146 g/mol. The van der Waals surface area contributed by atoms with E-state index in [0.717, 1.165) is 0 Å². The Hall–Kier alpha value is 0.290. The first-order valence-electron chi connectivity index (χ1n) is 2.12. The van der Waals surface area contributed by atoms with Crippen molar-refractivity contribution in [2.75, 3.05) is 5.75 Å². The Morgan fingerprint density at radius 1 is 2.00 bits per heavy atom. The van der Waals surface area contributed by atoms with E-state index in [9.17, 15) is 4.21 Å². The summed E-state index contributed by atoms with van der Waals surface area (Å²) in [5.74, 6) is 0.00231. The first-order valence-corrected chi connectivity index (χ1v) is 4.73. The fraction of sp³-hybridized carbons (Fsp3) is 1.00. The second-order valence-electron chi connectivity index (χ2n) is 1.73. The van der Waals surface area contributed by atoms with Crippen molar-refractivity contribution in [3.63, 3.8) is 0 Å². The first kappa shape index (κ1) is 8.29. The van der Waals surface area contributed by atoms with Crippen molar-refractivity contribution in [3.05, 3.63) is 0 Å². The van der Waals surface area contributed by atoms with Crippen LogP contribution in [-0.4, -0.2) is 20.6 Å². The minimum absolute atomic E-state index is 0.00231. The number of hydrogen-bond donors (Lipinski definition) is 2. The molecule has 0 saturated carbocycles. The molecule has 2 unspecified atom stereocenters. The zero-order chi connectivity index (χ0) is 6.78. The highest BCUT2D eigenvalue weighted by Crippen LogP contribution is 1.85. The molecule has 0 rings (SSSR count). The molecule has 0 saturated heterocycles. The Balaban J connectivity index is 3.75. The normalized spacial score (nSPS) is 21.9. The molecule has 0 amide bonds. The molecule has 8 heavy (non-hydrogen) atoms. The summed E-state index contributed by atoms with van der Waals surface area (Å²) < 4.78 is 18.7. The number of rotatable bonds is 2. The van der Waals surface area contributed by atoms with E-state index in [1.807, 2.05) is 0 Å². The molecule has 0 radical (unpaired) electrons. The fourth-order valence-electron chi connectivity index (χ4n) is 0.332. The average molecular weight is 155 g/mol. The van der Waals surface area contributed by atoms with E-state index in [1.165, 1.54) is 0 Å². The van der Waals surface area contributed by atoms with Crippen LogP contribution in [0.5, 0.6) is 0 Å². The zero-order valence-corrected chi connectivity index (χ0v) is 6.17. The van der Waals surface area contributed by atoms with E-state index in [-0.39, 0.29) is 11.8 Å². The lowest BCUT2D eigenvalue weighted by atomic mass is 10.4. The van der Waals surface area contributed by atoms with Gasteiger partial charge in [0.2, 0.25) is 0 Å². The van der Waals surface area contributed by atoms with Crippen molar-refractivity contribution in [2.45, 2.75) is 13.0 Å². The highest BCUT2D eigenvalue weighted by atomic mass is 32.8. The second kappa shape index (κ2) is 2.72. The lowest BCUT2D eigenvalue weighted by Gasteiger charge is -2.00. The van der Waals surface area contributed by atoms with Crippen LogP contribution in [0.2, 0.25) is 0 Å². The summed E-state index contributed by atoms with van der Waals surface area (Å²) in [5, 5.41) is 0. The van der Waals surface area contributed by atoms with Crippen molar-refractivity contribution in [3.8, 4) is 0 Å². The molecule has 3 nitrogen and oxygen atoms in total. The third-order valence-electron chi connectivity index (χ3n) is 0.474. The molecule has 0 spiro atoms. The van der Waals surface area contributed by atoms with Gasteiger partial charge in [-0.25, -0.2) is 4.21 Å². The molecule has 5 heteroatoms. The van der Waals surface area contributed by atoms with E-state index >= 15 is 0 Å². The maximum atomic E-state index is 10.3. The quantitative estimate of drug-likeness (QED) is 0.567. The van der Waals surface area contributed by atoms with Crippen LogP contribution in [0.25, 0.3) is 0 Å². The third-order valence-corrected chi connectivity index (χ3v) is 1.83. The van der Waals surface area contributed by atoms with Crippen LogP contribution in [0.4, 0.5) is 0 Å². The second-order valence-corrected chi connectivity index (χ2v) is 4.79. The van der Waals surface area contributed by atoms with Crippen molar-refractivity contribution in [1.29, 1.82) is 0 Å². The van der Waals surface area contributed by atoms with Gasteiger partial charge < -0.3 is 10.3 Å². The molecule has 0 aliphatic rings. The lowest BCUT2D eigenvalue weighted by molar-refractivity contribution is 0.556. The molecule has 0 bridgehead atoms. The molecule has 0 aliphatic heterocycles. The molecule has 3 N–H and O–H groups in total. The van der Waals surface area contributed by atoms with Crippen LogP contribution >= 0.6 is 0 Å². The number of hydrogen-bond acceptors (Lipinski definition) is 3. The maximum absolute atomic E-state index is 10.3. The van der Waals surface area contributed by atoms with Gasteiger partial charge in [0.1, 0.15) is 8.77 Å². The molecule has 0 fully saturated rings. The smallest absolute Gasteiger partial charge is 0.143 e. The highest BCUT2D eigenvalue weighted by molar-refractivity contribution is 8.29. The van der Waals surface area contributed by atoms with E-state index in [4.69, 9.17) is 10.3 Å². The van der Waals surface area contributed by atoms with Crippen molar-refractivity contribution < 1.29 is 8.76 Å². The SMILES string of the molecule is CC(N)CS(=O)(O)=S. The minimum Gasteiger partial charge on any atom is -0.327 e. The van der Waals surface area contributed by atoms with E-state index in [1.54, 1.807) is 6.92 Å². The van der Waals surface area contributed by atoms with Gasteiger partial charge in [-0.1, -0.05) is 0 Å². The average Bonchev–Trinajstić information content (AvgIpc) is 1.21. The first-order chi connectivity index (χ1) is 3.42. The summed E-state index contributed by atoms with van der Waals surface area (Å²) in [6, 6.07) is -0.287. The van der Waals surface area contributed by atoms with Crippen LogP contribution < -0.4 is 5.73 Å². The summed E-state index contributed by atoms with van der Waals surface area (Å²) in [6.07, 6.45) is 0. The summed E-state index contributed by atoms with van der Waals surface area (Å²) in [6.45, 7) is 1.64. The van der Waals surface area contributed by atoms with Gasteiger partial charge in [0.25, 0.3) is 0 Å². The molecule has 50 valence electrons. The predicted molar refractivity (Wildman–Crippen MR) is 36.7 cm³/mol. The summed E-state index contributed by atoms with van der Waals surface area (Å²) in [4.78, 5) is 0. The Kier molecular flexibility index (Phi) is 2.82. The Labute approximate surface area is 53.8 Å². The van der Waals surface area contributed by atoms with Gasteiger partial charge in [-0.05, 0) is 6.92 Å². The lowest BCUT2D eigenvalue weighted by Crippen LogP contribution is -2.24. The monoisotopic (exact) mass is 155 g/mol. The Bertz CT molecular complexity index is 149. The van der Waals surface area contributed by atoms with Crippen LogP contribution in [-0.2, 0) is 20.0 Å². The molecule has 2 atom stereocenters. The molecular formula is C3H9NO2S2. The van der Waals surface area contributed by atoms with E-state index in [0.29, 0.717) is 0 Å². The van der Waals surface area contributed by atoms with Crippen molar-refractivity contribution >= 4 is 20.0 Å². The summed E-state index contributed by atoms with van der Waals surface area (Å²) >= 11 is 4.16. The highest BCUT2D eigenvalue weighted by Gasteiger charge is 2.02. The van der Waals surface area contributed by atoms with Crippen LogP contribution in [0.15, 0.2) is 0 Å². The molecule has 0 aliphatic carbocycles. The van der Waals surface area contributed by atoms with Gasteiger partial charge in [-0.15, -0.1) is 0 Å². The Morgan fingerprint density at radius 2 is 2.38 bits per heavy atom. The topological polar surface area (TPSA) is 63.3 Å². The largest absolute Gasteiger partial charge is 0.327 e. The predicted octanol–water partition coefficient (Wildman–Crippen LogP) is -0.447. The molecule has 0 aromatic rings. The zero-order valence-electron chi connectivity index (χ0n) is 4.53. The van der Waals surface area contributed by atoms with Gasteiger partial charge in [0.15, 0.2) is 0 Å². The van der Waals surface area contributed by atoms with Gasteiger partial charge in [0.05, 0.1) is 5.75 Å². The van der Waals surface area contributed by atoms with Crippen LogP contribution in [0.1, 0.15) is 6.92 Å². The van der Waals surface area contributed by atoms with Crippen LogP contribution in [0.3, 0.4) is 0 Å². The minimum atomic E-state index is -3.02. The molecule has 0 aromatic heterocycles. The van der Waals surface area contributed by atoms with Gasteiger partial charge in [-0.2, -0.15) is 0 Å². The number of nitrogens with two attached hydrogens (primary N) is 1. The van der Waals surface area contributed by atoms with Crippen LogP contribution in [0, 0.1) is 0 Å². The van der Waals surface area contributed by atoms with Gasteiger partial charge >= 0.3 is 0 Å². The summed E-state index contributed by atoms with van der Waals surface area (Å²) in [7, 11) is -3.02. The standard InChI is InChI=1S/C3H9NO2S2/c1-3(4)2-8(5,6)7/h3H,2,4H2,1H3,(H,5,6,7). The molecule has 0 heterocycles. The van der Waals surface area contributed by atoms with Crippen molar-refractivity contribution in [1.82, 2.24) is 0 Å². The fourth-order valence-corrected chi connectivity index (χ4v) is 1.64. The van der Waals surface area contributed by atoms with Gasteiger partial charge in [-0.3, -0.25) is 0 Å². The van der Waals surface area contributed by atoms with Crippen molar-refractivity contribution in [2.24, 2.45) is 5.73 Å². The Morgan fingerprint density at radius 3 is 2.38 bits per heavy atom. The maximum Gasteiger partial charge on any atom is 0.143 e. The summed E-state index contributed by atoms with van der Waals surface area (Å²) in [5.41, 5.74) is 5.17. The molecule has 0 aromatic carbocycles. The van der Waals surface area contributed by atoms with Gasteiger partial charge in [0, 0.05) is 17.2 Å². The van der Waals surface area contributed by atoms with E-state index < -0.39 is 8.77 Å². The van der Waals surface area contributed by atoms with E-state index in [2.05, 4.69) is 11.2 Å². The third kappa shape index (κ3) is 6.29.